The topological polar surface area (TPSA) is 85.3 Å². The molecule has 0 aromatic heterocycles. The SMILES string of the molecule is CCCCCCCCS(=O)(=O)C(=C=O)S(=O)(=O)CCCCCCCC. The summed E-state index contributed by atoms with van der Waals surface area (Å²) in [5, 5.41) is 0. The maximum absolute atomic E-state index is 12.2. The lowest BCUT2D eigenvalue weighted by Crippen LogP contribution is -2.20. The standard InChI is InChI=1S/C18H34O5S2/c1-3-5-7-9-11-13-15-24(20,21)18(17-19)25(22,23)16-14-12-10-8-6-4-2/h3-16H2,1-2H3. The summed E-state index contributed by atoms with van der Waals surface area (Å²) in [6.45, 7) is 4.20. The van der Waals surface area contributed by atoms with Gasteiger partial charge in [0, 0.05) is 0 Å². The van der Waals surface area contributed by atoms with E-state index in [9.17, 15) is 21.6 Å². The molecule has 0 spiro atoms. The third-order valence-corrected chi connectivity index (χ3v) is 8.65. The van der Waals surface area contributed by atoms with E-state index in [1.165, 1.54) is 5.94 Å². The van der Waals surface area contributed by atoms with Gasteiger partial charge in [-0.2, -0.15) is 0 Å². The molecule has 0 N–H and O–H groups in total. The predicted octanol–water partition coefficient (Wildman–Crippen LogP) is 4.21. The molecule has 0 aliphatic rings. The summed E-state index contributed by atoms with van der Waals surface area (Å²) in [7, 11) is -8.14. The van der Waals surface area contributed by atoms with Crippen molar-refractivity contribution in [3.05, 3.63) is 4.24 Å². The Morgan fingerprint density at radius 1 is 0.600 bits per heavy atom. The first-order valence-corrected chi connectivity index (χ1v) is 12.8. The summed E-state index contributed by atoms with van der Waals surface area (Å²) in [5.41, 5.74) is 0. The third kappa shape index (κ3) is 10.8. The minimum Gasteiger partial charge on any atom is -0.231 e. The maximum Gasteiger partial charge on any atom is 0.242 e. The molecule has 0 aromatic rings. The Hall–Kier alpha value is -0.650. The zero-order chi connectivity index (χ0) is 19.2. The minimum absolute atomic E-state index is 0.292. The molecule has 0 saturated carbocycles. The van der Waals surface area contributed by atoms with Crippen LogP contribution in [0.3, 0.4) is 0 Å². The summed E-state index contributed by atoms with van der Waals surface area (Å²) >= 11 is 0. The molecule has 0 bridgehead atoms. The van der Waals surface area contributed by atoms with E-state index in [0.29, 0.717) is 12.8 Å². The molecule has 0 saturated heterocycles. The molecule has 0 atom stereocenters. The third-order valence-electron chi connectivity index (χ3n) is 4.18. The number of hydrogen-bond donors (Lipinski definition) is 0. The van der Waals surface area contributed by atoms with E-state index in [1.54, 1.807) is 0 Å². The van der Waals surface area contributed by atoms with Crippen molar-refractivity contribution in [1.29, 1.82) is 0 Å². The van der Waals surface area contributed by atoms with Crippen LogP contribution in [0.15, 0.2) is 4.24 Å². The van der Waals surface area contributed by atoms with E-state index in [4.69, 9.17) is 0 Å². The molecule has 148 valence electrons. The zero-order valence-corrected chi connectivity index (χ0v) is 17.4. The highest BCUT2D eigenvalue weighted by atomic mass is 32.3. The van der Waals surface area contributed by atoms with E-state index in [2.05, 4.69) is 13.8 Å². The lowest BCUT2D eigenvalue weighted by Gasteiger charge is -2.07. The molecule has 0 radical (unpaired) electrons. The van der Waals surface area contributed by atoms with Gasteiger partial charge in [-0.3, -0.25) is 0 Å². The maximum atomic E-state index is 12.2. The Balaban J connectivity index is 4.48. The van der Waals surface area contributed by atoms with E-state index < -0.39 is 23.9 Å². The van der Waals surface area contributed by atoms with Crippen LogP contribution in [0.5, 0.6) is 0 Å². The summed E-state index contributed by atoms with van der Waals surface area (Å²) in [5.74, 6) is 0.611. The van der Waals surface area contributed by atoms with Crippen molar-refractivity contribution >= 4 is 25.6 Å². The summed E-state index contributed by atoms with van der Waals surface area (Å²) < 4.78 is 47.7. The first kappa shape index (κ1) is 24.4. The summed E-state index contributed by atoms with van der Waals surface area (Å²) in [6.07, 6.45) is 10.6. The summed E-state index contributed by atoms with van der Waals surface area (Å²) in [6, 6.07) is 0. The van der Waals surface area contributed by atoms with Crippen molar-refractivity contribution in [3.63, 3.8) is 0 Å². The van der Waals surface area contributed by atoms with Gasteiger partial charge >= 0.3 is 0 Å². The first-order chi connectivity index (χ1) is 11.8. The zero-order valence-electron chi connectivity index (χ0n) is 15.8. The molecule has 25 heavy (non-hydrogen) atoms. The van der Waals surface area contributed by atoms with E-state index in [-0.39, 0.29) is 11.5 Å². The predicted molar refractivity (Wildman–Crippen MR) is 104 cm³/mol. The van der Waals surface area contributed by atoms with Crippen molar-refractivity contribution in [1.82, 2.24) is 0 Å². The van der Waals surface area contributed by atoms with Crippen molar-refractivity contribution in [2.75, 3.05) is 11.5 Å². The van der Waals surface area contributed by atoms with Crippen LogP contribution < -0.4 is 0 Å². The number of hydrogen-bond acceptors (Lipinski definition) is 5. The van der Waals surface area contributed by atoms with Crippen LogP contribution in [-0.4, -0.2) is 34.3 Å². The van der Waals surface area contributed by atoms with Crippen LogP contribution in [-0.2, 0) is 24.5 Å². The van der Waals surface area contributed by atoms with Gasteiger partial charge in [0.2, 0.25) is 4.24 Å². The molecule has 0 unspecified atom stereocenters. The van der Waals surface area contributed by atoms with Crippen LogP contribution in [0.1, 0.15) is 90.9 Å². The second-order valence-corrected chi connectivity index (χ2v) is 10.9. The molecule has 5 nitrogen and oxygen atoms in total. The molecule has 0 rings (SSSR count). The Morgan fingerprint density at radius 3 is 1.24 bits per heavy atom. The molecule has 0 aliphatic carbocycles. The molecule has 0 amide bonds. The van der Waals surface area contributed by atoms with Crippen LogP contribution in [0, 0.1) is 0 Å². The van der Waals surface area contributed by atoms with Crippen LogP contribution in [0.4, 0.5) is 0 Å². The average molecular weight is 395 g/mol. The van der Waals surface area contributed by atoms with Crippen molar-refractivity contribution in [2.24, 2.45) is 0 Å². The fourth-order valence-electron chi connectivity index (χ4n) is 2.65. The molecule has 0 aromatic carbocycles. The molecule has 0 fully saturated rings. The van der Waals surface area contributed by atoms with Crippen molar-refractivity contribution in [2.45, 2.75) is 90.9 Å². The van der Waals surface area contributed by atoms with Gasteiger partial charge in [0.25, 0.3) is 0 Å². The Morgan fingerprint density at radius 2 is 0.920 bits per heavy atom. The molecule has 7 heteroatoms. The van der Waals surface area contributed by atoms with Gasteiger partial charge in [-0.15, -0.1) is 0 Å². The highest BCUT2D eigenvalue weighted by molar-refractivity contribution is 8.14. The van der Waals surface area contributed by atoms with Crippen LogP contribution >= 0.6 is 0 Å². The quantitative estimate of drug-likeness (QED) is 0.289. The lowest BCUT2D eigenvalue weighted by molar-refractivity contribution is 0.565. The normalized spacial score (nSPS) is 12.1. The Labute approximate surface area is 154 Å². The fourth-order valence-corrected chi connectivity index (χ4v) is 6.49. The monoisotopic (exact) mass is 394 g/mol. The van der Waals surface area contributed by atoms with Gasteiger partial charge in [-0.25, -0.2) is 21.6 Å². The smallest absolute Gasteiger partial charge is 0.231 e. The highest BCUT2D eigenvalue weighted by Crippen LogP contribution is 2.18. The number of rotatable bonds is 16. The highest BCUT2D eigenvalue weighted by Gasteiger charge is 2.31. The lowest BCUT2D eigenvalue weighted by atomic mass is 10.1. The largest absolute Gasteiger partial charge is 0.242 e. The number of carbonyl (C=O) groups excluding carboxylic acids is 1. The second kappa shape index (κ2) is 13.5. The average Bonchev–Trinajstić information content (AvgIpc) is 2.54. The number of sulfone groups is 2. The van der Waals surface area contributed by atoms with E-state index in [1.807, 2.05) is 0 Å². The van der Waals surface area contributed by atoms with Crippen LogP contribution in [0.25, 0.3) is 0 Å². The van der Waals surface area contributed by atoms with Crippen LogP contribution in [0.2, 0.25) is 0 Å². The minimum atomic E-state index is -4.07. The van der Waals surface area contributed by atoms with Gasteiger partial charge in [0.05, 0.1) is 11.5 Å². The van der Waals surface area contributed by atoms with Crippen molar-refractivity contribution < 1.29 is 21.6 Å². The Bertz CT molecular complexity index is 551. The molecular formula is C18H34O5S2. The molecule has 0 heterocycles. The van der Waals surface area contributed by atoms with Gasteiger partial charge in [-0.1, -0.05) is 78.1 Å². The summed E-state index contributed by atoms with van der Waals surface area (Å²) in [4.78, 5) is 11.0. The van der Waals surface area contributed by atoms with Gasteiger partial charge in [0.15, 0.2) is 25.6 Å². The Kier molecular flexibility index (Phi) is 13.2. The van der Waals surface area contributed by atoms with Gasteiger partial charge in [0.1, 0.15) is 0 Å². The second-order valence-electron chi connectivity index (χ2n) is 6.56. The fraction of sp³-hybridized carbons (Fsp3) is 0.889. The first-order valence-electron chi connectivity index (χ1n) is 9.52. The van der Waals surface area contributed by atoms with E-state index >= 15 is 0 Å². The number of unbranched alkanes of at least 4 members (excludes halogenated alkanes) is 10. The van der Waals surface area contributed by atoms with Gasteiger partial charge in [-0.05, 0) is 12.8 Å². The van der Waals surface area contributed by atoms with Crippen molar-refractivity contribution in [3.8, 4) is 0 Å². The molecule has 0 aliphatic heterocycles. The molecular weight excluding hydrogens is 360 g/mol. The van der Waals surface area contributed by atoms with Gasteiger partial charge < -0.3 is 0 Å². The van der Waals surface area contributed by atoms with E-state index in [0.717, 1.165) is 64.2 Å².